The predicted octanol–water partition coefficient (Wildman–Crippen LogP) is 3.27. The standard InChI is InChI=1S/C21H24N2O4/c1-2-26-20(25)21(11-6-7-12-21)23-19(24)17-10-13-22-18(14-17)27-15-16-8-4-3-5-9-16/h3-5,8-10,13-14H,2,6-7,11-12,15H2,1H3,(H,23,24). The van der Waals surface area contributed by atoms with Crippen LogP contribution in [0.3, 0.4) is 0 Å². The van der Waals surface area contributed by atoms with Gasteiger partial charge in [-0.2, -0.15) is 0 Å². The quantitative estimate of drug-likeness (QED) is 0.759. The summed E-state index contributed by atoms with van der Waals surface area (Å²) in [5, 5.41) is 2.90. The summed E-state index contributed by atoms with van der Waals surface area (Å²) in [5.41, 5.74) is 0.492. The molecule has 0 atom stereocenters. The number of rotatable bonds is 7. The van der Waals surface area contributed by atoms with Gasteiger partial charge in [0.15, 0.2) is 0 Å². The second-order valence-electron chi connectivity index (χ2n) is 6.62. The summed E-state index contributed by atoms with van der Waals surface area (Å²) < 4.78 is 10.9. The molecule has 142 valence electrons. The lowest BCUT2D eigenvalue weighted by molar-refractivity contribution is -0.150. The van der Waals surface area contributed by atoms with E-state index < -0.39 is 5.54 Å². The Bertz CT molecular complexity index is 786. The smallest absolute Gasteiger partial charge is 0.331 e. The van der Waals surface area contributed by atoms with Gasteiger partial charge in [-0.3, -0.25) is 4.79 Å². The highest BCUT2D eigenvalue weighted by molar-refractivity contribution is 5.98. The van der Waals surface area contributed by atoms with Crippen LogP contribution in [0.15, 0.2) is 48.7 Å². The first-order chi connectivity index (χ1) is 13.1. The van der Waals surface area contributed by atoms with Gasteiger partial charge in [0.25, 0.3) is 5.91 Å². The van der Waals surface area contributed by atoms with Crippen LogP contribution in [0, 0.1) is 0 Å². The van der Waals surface area contributed by atoms with Crippen molar-refractivity contribution in [2.45, 2.75) is 44.8 Å². The third-order valence-corrected chi connectivity index (χ3v) is 4.70. The summed E-state index contributed by atoms with van der Waals surface area (Å²) in [6.07, 6.45) is 4.50. The first kappa shape index (κ1) is 18.9. The number of hydrogen-bond donors (Lipinski definition) is 1. The van der Waals surface area contributed by atoms with Gasteiger partial charge in [0.2, 0.25) is 5.88 Å². The molecule has 3 rings (SSSR count). The number of nitrogens with zero attached hydrogens (tertiary/aromatic N) is 1. The molecular weight excluding hydrogens is 344 g/mol. The first-order valence-electron chi connectivity index (χ1n) is 9.25. The Morgan fingerprint density at radius 1 is 1.15 bits per heavy atom. The summed E-state index contributed by atoms with van der Waals surface area (Å²) in [6, 6.07) is 12.9. The number of pyridine rings is 1. The number of amides is 1. The predicted molar refractivity (Wildman–Crippen MR) is 100 cm³/mol. The molecule has 1 aromatic carbocycles. The van der Waals surface area contributed by atoms with Crippen molar-refractivity contribution < 1.29 is 19.1 Å². The fourth-order valence-corrected chi connectivity index (χ4v) is 3.28. The highest BCUT2D eigenvalue weighted by Crippen LogP contribution is 2.31. The van der Waals surface area contributed by atoms with Gasteiger partial charge >= 0.3 is 5.97 Å². The van der Waals surface area contributed by atoms with E-state index in [1.807, 2.05) is 30.3 Å². The summed E-state index contributed by atoms with van der Waals surface area (Å²) in [5.74, 6) is -0.314. The molecule has 6 nitrogen and oxygen atoms in total. The molecule has 0 spiro atoms. The largest absolute Gasteiger partial charge is 0.473 e. The first-order valence-corrected chi connectivity index (χ1v) is 9.25. The van der Waals surface area contributed by atoms with Crippen molar-refractivity contribution in [2.24, 2.45) is 0 Å². The zero-order valence-corrected chi connectivity index (χ0v) is 15.4. The molecule has 27 heavy (non-hydrogen) atoms. The lowest BCUT2D eigenvalue weighted by atomic mass is 9.97. The molecule has 1 aliphatic carbocycles. The van der Waals surface area contributed by atoms with Crippen molar-refractivity contribution in [1.82, 2.24) is 10.3 Å². The fraction of sp³-hybridized carbons (Fsp3) is 0.381. The molecule has 0 saturated heterocycles. The molecule has 1 aliphatic rings. The van der Waals surface area contributed by atoms with Crippen LogP contribution in [0.1, 0.15) is 48.5 Å². The van der Waals surface area contributed by atoms with Crippen molar-refractivity contribution >= 4 is 11.9 Å². The zero-order valence-electron chi connectivity index (χ0n) is 15.4. The molecule has 0 radical (unpaired) electrons. The molecule has 2 aromatic rings. The van der Waals surface area contributed by atoms with Gasteiger partial charge < -0.3 is 14.8 Å². The van der Waals surface area contributed by atoms with Crippen molar-refractivity contribution in [3.05, 3.63) is 59.8 Å². The molecule has 1 N–H and O–H groups in total. The van der Waals surface area contributed by atoms with E-state index >= 15 is 0 Å². The topological polar surface area (TPSA) is 77.5 Å². The second-order valence-corrected chi connectivity index (χ2v) is 6.62. The van der Waals surface area contributed by atoms with Crippen molar-refractivity contribution in [3.63, 3.8) is 0 Å². The number of aromatic nitrogens is 1. The maximum Gasteiger partial charge on any atom is 0.331 e. The Hall–Kier alpha value is -2.89. The average molecular weight is 368 g/mol. The lowest BCUT2D eigenvalue weighted by Crippen LogP contribution is -2.53. The van der Waals surface area contributed by atoms with E-state index in [-0.39, 0.29) is 11.9 Å². The van der Waals surface area contributed by atoms with Gasteiger partial charge in [0.05, 0.1) is 6.61 Å². The van der Waals surface area contributed by atoms with Crippen LogP contribution >= 0.6 is 0 Å². The number of carbonyl (C=O) groups excluding carboxylic acids is 2. The lowest BCUT2D eigenvalue weighted by Gasteiger charge is -2.27. The van der Waals surface area contributed by atoms with Crippen LogP contribution in [-0.2, 0) is 16.1 Å². The maximum atomic E-state index is 12.7. The van der Waals surface area contributed by atoms with Gasteiger partial charge in [-0.05, 0) is 31.4 Å². The average Bonchev–Trinajstić information content (AvgIpc) is 3.17. The molecule has 1 aromatic heterocycles. The summed E-state index contributed by atoms with van der Waals surface area (Å²) in [7, 11) is 0. The monoisotopic (exact) mass is 368 g/mol. The van der Waals surface area contributed by atoms with E-state index in [4.69, 9.17) is 9.47 Å². The minimum atomic E-state index is -0.929. The number of esters is 1. The molecule has 0 aliphatic heterocycles. The minimum Gasteiger partial charge on any atom is -0.473 e. The molecule has 0 unspecified atom stereocenters. The van der Waals surface area contributed by atoms with Gasteiger partial charge in [-0.25, -0.2) is 9.78 Å². The van der Waals surface area contributed by atoms with E-state index in [0.29, 0.717) is 37.5 Å². The van der Waals surface area contributed by atoms with Crippen LogP contribution in [0.25, 0.3) is 0 Å². The fourth-order valence-electron chi connectivity index (χ4n) is 3.28. The van der Waals surface area contributed by atoms with Gasteiger partial charge in [0.1, 0.15) is 12.1 Å². The van der Waals surface area contributed by atoms with Gasteiger partial charge in [0, 0.05) is 17.8 Å². The summed E-state index contributed by atoms with van der Waals surface area (Å²) in [4.78, 5) is 29.3. The SMILES string of the molecule is CCOC(=O)C1(NC(=O)c2ccnc(OCc3ccccc3)c2)CCCC1. The molecular formula is C21H24N2O4. The van der Waals surface area contributed by atoms with E-state index in [0.717, 1.165) is 18.4 Å². The number of hydrogen-bond acceptors (Lipinski definition) is 5. The van der Waals surface area contributed by atoms with Crippen molar-refractivity contribution in [1.29, 1.82) is 0 Å². The zero-order chi connectivity index (χ0) is 19.1. The molecule has 1 fully saturated rings. The molecule has 6 heteroatoms. The number of carbonyl (C=O) groups is 2. The molecule has 0 bridgehead atoms. The van der Waals surface area contributed by atoms with Crippen molar-refractivity contribution in [2.75, 3.05) is 6.61 Å². The normalized spacial score (nSPS) is 15.1. The van der Waals surface area contributed by atoms with E-state index in [1.54, 1.807) is 19.1 Å². The third kappa shape index (κ3) is 4.64. The number of benzene rings is 1. The van der Waals surface area contributed by atoms with Crippen LogP contribution in [0.5, 0.6) is 5.88 Å². The van der Waals surface area contributed by atoms with Crippen LogP contribution in [0.4, 0.5) is 0 Å². The van der Waals surface area contributed by atoms with E-state index in [2.05, 4.69) is 10.3 Å². The molecule has 1 saturated carbocycles. The number of ether oxygens (including phenoxy) is 2. The number of nitrogens with one attached hydrogen (secondary N) is 1. The second kappa shape index (κ2) is 8.66. The van der Waals surface area contributed by atoms with Gasteiger partial charge in [-0.1, -0.05) is 43.2 Å². The Morgan fingerprint density at radius 3 is 2.59 bits per heavy atom. The van der Waals surface area contributed by atoms with Crippen LogP contribution in [0.2, 0.25) is 0 Å². The Labute approximate surface area is 158 Å². The summed E-state index contributed by atoms with van der Waals surface area (Å²) in [6.45, 7) is 2.43. The Morgan fingerprint density at radius 2 is 1.89 bits per heavy atom. The Balaban J connectivity index is 1.68. The maximum absolute atomic E-state index is 12.7. The van der Waals surface area contributed by atoms with E-state index in [1.165, 1.54) is 6.20 Å². The minimum absolute atomic E-state index is 0.295. The Kier molecular flexibility index (Phi) is 6.06. The molecule has 1 heterocycles. The van der Waals surface area contributed by atoms with Gasteiger partial charge in [-0.15, -0.1) is 0 Å². The summed E-state index contributed by atoms with van der Waals surface area (Å²) >= 11 is 0. The van der Waals surface area contributed by atoms with E-state index in [9.17, 15) is 9.59 Å². The third-order valence-electron chi connectivity index (χ3n) is 4.70. The molecule has 1 amide bonds. The van der Waals surface area contributed by atoms with Crippen molar-refractivity contribution in [3.8, 4) is 5.88 Å². The van der Waals surface area contributed by atoms with Crippen LogP contribution in [-0.4, -0.2) is 29.0 Å². The highest BCUT2D eigenvalue weighted by atomic mass is 16.5. The highest BCUT2D eigenvalue weighted by Gasteiger charge is 2.44. The van der Waals surface area contributed by atoms with Crippen LogP contribution < -0.4 is 10.1 Å².